The summed E-state index contributed by atoms with van der Waals surface area (Å²) in [5.41, 5.74) is 1.16. The monoisotopic (exact) mass is 250 g/mol. The van der Waals surface area contributed by atoms with Gasteiger partial charge in [-0.1, -0.05) is 26.0 Å². The van der Waals surface area contributed by atoms with Gasteiger partial charge in [-0.15, -0.1) is 0 Å². The lowest BCUT2D eigenvalue weighted by Crippen LogP contribution is -2.36. The van der Waals surface area contributed by atoms with Crippen molar-refractivity contribution in [3.05, 3.63) is 29.8 Å². The fourth-order valence-corrected chi connectivity index (χ4v) is 1.50. The van der Waals surface area contributed by atoms with Crippen LogP contribution in [0, 0.1) is 5.41 Å². The number of benzene rings is 1. The number of aliphatic hydroxyl groups is 1. The van der Waals surface area contributed by atoms with Crippen molar-refractivity contribution in [2.24, 2.45) is 5.41 Å². The second-order valence-corrected chi connectivity index (χ2v) is 5.08. The van der Waals surface area contributed by atoms with Crippen LogP contribution in [-0.4, -0.2) is 30.7 Å². The van der Waals surface area contributed by atoms with Gasteiger partial charge in [0.15, 0.2) is 0 Å². The molecular formula is C14H22N2O2. The van der Waals surface area contributed by atoms with Gasteiger partial charge in [-0.25, -0.2) is 0 Å². The van der Waals surface area contributed by atoms with E-state index in [0.29, 0.717) is 12.1 Å². The molecule has 1 aromatic carbocycles. The third kappa shape index (κ3) is 4.04. The Hall–Kier alpha value is -1.55. The van der Waals surface area contributed by atoms with Gasteiger partial charge in [0.25, 0.3) is 5.91 Å². The third-order valence-corrected chi connectivity index (χ3v) is 2.69. The fraction of sp³-hybridized carbons (Fsp3) is 0.500. The van der Waals surface area contributed by atoms with E-state index in [-0.39, 0.29) is 17.9 Å². The Morgan fingerprint density at radius 3 is 2.61 bits per heavy atom. The summed E-state index contributed by atoms with van der Waals surface area (Å²) in [6.07, 6.45) is 0. The van der Waals surface area contributed by atoms with Gasteiger partial charge >= 0.3 is 0 Å². The molecule has 0 fully saturated rings. The number of hydrogen-bond donors (Lipinski definition) is 3. The standard InChI is InChI=1S/C14H22N2O2/c1-4-15-12-8-6-5-7-11(12)13(18)16-9-14(2,3)10-17/h5-8,15,17H,4,9-10H2,1-3H3,(H,16,18). The molecule has 0 unspecified atom stereocenters. The van der Waals surface area contributed by atoms with Crippen LogP contribution in [0.25, 0.3) is 0 Å². The van der Waals surface area contributed by atoms with Gasteiger partial charge in [0.2, 0.25) is 0 Å². The molecule has 0 heterocycles. The van der Waals surface area contributed by atoms with Crippen LogP contribution in [0.5, 0.6) is 0 Å². The SMILES string of the molecule is CCNc1ccccc1C(=O)NCC(C)(C)CO. The van der Waals surface area contributed by atoms with E-state index in [0.717, 1.165) is 12.2 Å². The molecule has 18 heavy (non-hydrogen) atoms. The summed E-state index contributed by atoms with van der Waals surface area (Å²) in [4.78, 5) is 12.1. The van der Waals surface area contributed by atoms with Crippen LogP contribution in [-0.2, 0) is 0 Å². The molecular weight excluding hydrogens is 228 g/mol. The van der Waals surface area contributed by atoms with E-state index >= 15 is 0 Å². The van der Waals surface area contributed by atoms with Crippen molar-refractivity contribution in [3.63, 3.8) is 0 Å². The van der Waals surface area contributed by atoms with Gasteiger partial charge in [0.05, 0.1) is 5.56 Å². The molecule has 0 atom stereocenters. The average molecular weight is 250 g/mol. The lowest BCUT2D eigenvalue weighted by molar-refractivity contribution is 0.0912. The Morgan fingerprint density at radius 2 is 2.00 bits per heavy atom. The second-order valence-electron chi connectivity index (χ2n) is 5.08. The first-order chi connectivity index (χ1) is 8.50. The maximum atomic E-state index is 12.1. The summed E-state index contributed by atoms with van der Waals surface area (Å²) >= 11 is 0. The Balaban J connectivity index is 2.72. The maximum Gasteiger partial charge on any atom is 0.253 e. The molecule has 0 bridgehead atoms. The van der Waals surface area contributed by atoms with Gasteiger partial charge in [-0.2, -0.15) is 0 Å². The number of carbonyl (C=O) groups is 1. The van der Waals surface area contributed by atoms with Crippen LogP contribution in [0.15, 0.2) is 24.3 Å². The lowest BCUT2D eigenvalue weighted by atomic mass is 9.95. The highest BCUT2D eigenvalue weighted by atomic mass is 16.3. The van der Waals surface area contributed by atoms with E-state index < -0.39 is 0 Å². The predicted molar refractivity (Wildman–Crippen MR) is 73.8 cm³/mol. The van der Waals surface area contributed by atoms with Crippen molar-refractivity contribution in [2.45, 2.75) is 20.8 Å². The molecule has 100 valence electrons. The minimum Gasteiger partial charge on any atom is -0.396 e. The van der Waals surface area contributed by atoms with Crippen LogP contribution in [0.4, 0.5) is 5.69 Å². The number of hydrogen-bond acceptors (Lipinski definition) is 3. The van der Waals surface area contributed by atoms with Crippen molar-refractivity contribution in [1.29, 1.82) is 0 Å². The summed E-state index contributed by atoms with van der Waals surface area (Å²) in [6.45, 7) is 7.06. The van der Waals surface area contributed by atoms with Crippen molar-refractivity contribution in [1.82, 2.24) is 5.32 Å². The first-order valence-electron chi connectivity index (χ1n) is 6.22. The minimum absolute atomic E-state index is 0.0438. The molecule has 1 rings (SSSR count). The van der Waals surface area contributed by atoms with Gasteiger partial charge in [0.1, 0.15) is 0 Å². The molecule has 0 aromatic heterocycles. The maximum absolute atomic E-state index is 12.1. The number of carbonyl (C=O) groups excluding carboxylic acids is 1. The molecule has 3 N–H and O–H groups in total. The smallest absolute Gasteiger partial charge is 0.253 e. The fourth-order valence-electron chi connectivity index (χ4n) is 1.50. The molecule has 0 aliphatic carbocycles. The number of anilines is 1. The predicted octanol–water partition coefficient (Wildman–Crippen LogP) is 1.87. The summed E-state index contributed by atoms with van der Waals surface area (Å²) < 4.78 is 0. The highest BCUT2D eigenvalue weighted by Crippen LogP contribution is 2.16. The Kier molecular flexibility index (Phi) is 5.16. The van der Waals surface area contributed by atoms with Crippen LogP contribution in [0.1, 0.15) is 31.1 Å². The molecule has 0 radical (unpaired) electrons. The summed E-state index contributed by atoms with van der Waals surface area (Å²) in [7, 11) is 0. The van der Waals surface area contributed by atoms with Crippen molar-refractivity contribution >= 4 is 11.6 Å². The summed E-state index contributed by atoms with van der Waals surface area (Å²) in [5, 5.41) is 15.2. The normalized spacial score (nSPS) is 11.1. The van der Waals surface area contributed by atoms with Gasteiger partial charge in [-0.05, 0) is 19.1 Å². The van der Waals surface area contributed by atoms with E-state index in [2.05, 4.69) is 10.6 Å². The second kappa shape index (κ2) is 6.40. The molecule has 1 aromatic rings. The zero-order valence-electron chi connectivity index (χ0n) is 11.3. The number of aliphatic hydroxyl groups excluding tert-OH is 1. The van der Waals surface area contributed by atoms with E-state index in [9.17, 15) is 4.79 Å². The molecule has 0 aliphatic rings. The first kappa shape index (κ1) is 14.5. The molecule has 4 heteroatoms. The molecule has 4 nitrogen and oxygen atoms in total. The zero-order valence-corrected chi connectivity index (χ0v) is 11.3. The zero-order chi connectivity index (χ0) is 13.6. The van der Waals surface area contributed by atoms with E-state index in [1.165, 1.54) is 0 Å². The quantitative estimate of drug-likeness (QED) is 0.722. The number of rotatable bonds is 6. The Morgan fingerprint density at radius 1 is 1.33 bits per heavy atom. The van der Waals surface area contributed by atoms with E-state index in [1.807, 2.05) is 39.0 Å². The van der Waals surface area contributed by atoms with Crippen LogP contribution >= 0.6 is 0 Å². The van der Waals surface area contributed by atoms with Crippen molar-refractivity contribution in [2.75, 3.05) is 25.0 Å². The van der Waals surface area contributed by atoms with E-state index in [4.69, 9.17) is 5.11 Å². The largest absolute Gasteiger partial charge is 0.396 e. The Bertz CT molecular complexity index is 403. The van der Waals surface area contributed by atoms with Gasteiger partial charge < -0.3 is 15.7 Å². The summed E-state index contributed by atoms with van der Waals surface area (Å²) in [6, 6.07) is 7.41. The number of nitrogens with one attached hydrogen (secondary N) is 2. The van der Waals surface area contributed by atoms with Crippen LogP contribution in [0.2, 0.25) is 0 Å². The highest BCUT2D eigenvalue weighted by molar-refractivity contribution is 5.99. The van der Waals surface area contributed by atoms with Crippen molar-refractivity contribution < 1.29 is 9.90 Å². The van der Waals surface area contributed by atoms with Crippen LogP contribution in [0.3, 0.4) is 0 Å². The van der Waals surface area contributed by atoms with Crippen LogP contribution < -0.4 is 10.6 Å². The van der Waals surface area contributed by atoms with Gasteiger partial charge in [-0.3, -0.25) is 4.79 Å². The third-order valence-electron chi connectivity index (χ3n) is 2.69. The minimum atomic E-state index is -0.303. The molecule has 0 saturated heterocycles. The first-order valence-corrected chi connectivity index (χ1v) is 6.22. The molecule has 0 saturated carbocycles. The highest BCUT2D eigenvalue weighted by Gasteiger charge is 2.18. The molecule has 0 spiro atoms. The van der Waals surface area contributed by atoms with Crippen molar-refractivity contribution in [3.8, 4) is 0 Å². The van der Waals surface area contributed by atoms with Gasteiger partial charge in [0, 0.05) is 30.8 Å². The Labute approximate surface area is 108 Å². The molecule has 0 aliphatic heterocycles. The summed E-state index contributed by atoms with van der Waals surface area (Å²) in [5.74, 6) is -0.118. The topological polar surface area (TPSA) is 61.4 Å². The number of para-hydroxylation sites is 1. The average Bonchev–Trinajstić information content (AvgIpc) is 2.37. The molecule has 1 amide bonds. The lowest BCUT2D eigenvalue weighted by Gasteiger charge is -2.22. The van der Waals surface area contributed by atoms with E-state index in [1.54, 1.807) is 6.07 Å². The number of amides is 1.